The van der Waals surface area contributed by atoms with Crippen LogP contribution >= 0.6 is 0 Å². The van der Waals surface area contributed by atoms with Gasteiger partial charge in [0.2, 0.25) is 0 Å². The first-order valence-electron chi connectivity index (χ1n) is 6.23. The van der Waals surface area contributed by atoms with Crippen LogP contribution in [-0.2, 0) is 13.1 Å². The number of nitrogen functional groups attached to an aromatic ring is 1. The molecule has 0 atom stereocenters. The Balaban J connectivity index is 2.23. The Hall–Kier alpha value is -2.04. The molecular weight excluding hydrogens is 226 g/mol. The molecule has 2 rings (SSSR count). The van der Waals surface area contributed by atoms with E-state index in [4.69, 9.17) is 5.73 Å². The van der Waals surface area contributed by atoms with Crippen molar-refractivity contribution in [3.05, 3.63) is 36.0 Å². The van der Waals surface area contributed by atoms with E-state index >= 15 is 0 Å². The van der Waals surface area contributed by atoms with Crippen LogP contribution in [0.4, 0.5) is 11.5 Å². The second-order valence-corrected chi connectivity index (χ2v) is 4.12. The van der Waals surface area contributed by atoms with E-state index < -0.39 is 0 Å². The lowest BCUT2D eigenvalue weighted by Crippen LogP contribution is -2.25. The van der Waals surface area contributed by atoms with Crippen LogP contribution < -0.4 is 10.6 Å². The van der Waals surface area contributed by atoms with Gasteiger partial charge in [-0.25, -0.2) is 4.68 Å². The number of benzene rings is 1. The smallest absolute Gasteiger partial charge is 0.147 e. The molecule has 2 N–H and O–H groups in total. The number of hydrogen-bond donors (Lipinski definition) is 1. The molecule has 0 unspecified atom stereocenters. The summed E-state index contributed by atoms with van der Waals surface area (Å²) in [6.45, 7) is 6.66. The molecule has 0 bridgehead atoms. The predicted molar refractivity (Wildman–Crippen MR) is 73.3 cm³/mol. The van der Waals surface area contributed by atoms with Crippen molar-refractivity contribution < 1.29 is 0 Å². The molecule has 0 saturated heterocycles. The van der Waals surface area contributed by atoms with Crippen molar-refractivity contribution in [2.24, 2.45) is 0 Å². The van der Waals surface area contributed by atoms with Gasteiger partial charge in [0.25, 0.3) is 0 Å². The highest BCUT2D eigenvalue weighted by atomic mass is 15.5. The number of aromatic nitrogens is 3. The number of hydrogen-bond acceptors (Lipinski definition) is 4. The zero-order valence-corrected chi connectivity index (χ0v) is 10.9. The van der Waals surface area contributed by atoms with Crippen LogP contribution in [0.1, 0.15) is 19.4 Å². The number of aryl methyl sites for hydroxylation is 1. The third kappa shape index (κ3) is 2.45. The van der Waals surface area contributed by atoms with Crippen LogP contribution in [0, 0.1) is 0 Å². The van der Waals surface area contributed by atoms with E-state index in [1.54, 1.807) is 6.20 Å². The van der Waals surface area contributed by atoms with Crippen LogP contribution in [0.3, 0.4) is 0 Å². The van der Waals surface area contributed by atoms with E-state index in [0.29, 0.717) is 0 Å². The standard InChI is InChI=1S/C13H19N5/c1-3-17(13-9-15-16-18(13)4-2)10-11-7-5-6-8-12(11)14/h5-9H,3-4,10,14H2,1-2H3. The summed E-state index contributed by atoms with van der Waals surface area (Å²) >= 11 is 0. The van der Waals surface area contributed by atoms with Crippen LogP contribution in [0.2, 0.25) is 0 Å². The Morgan fingerprint density at radius 1 is 1.28 bits per heavy atom. The zero-order chi connectivity index (χ0) is 13.0. The van der Waals surface area contributed by atoms with Crippen LogP contribution in [0.5, 0.6) is 0 Å². The Morgan fingerprint density at radius 3 is 2.72 bits per heavy atom. The average Bonchev–Trinajstić information content (AvgIpc) is 2.86. The van der Waals surface area contributed by atoms with Crippen LogP contribution in [0.25, 0.3) is 0 Å². The largest absolute Gasteiger partial charge is 0.398 e. The Morgan fingerprint density at radius 2 is 2.06 bits per heavy atom. The maximum Gasteiger partial charge on any atom is 0.147 e. The topological polar surface area (TPSA) is 60.0 Å². The molecule has 0 aliphatic carbocycles. The van der Waals surface area contributed by atoms with Crippen molar-refractivity contribution in [3.63, 3.8) is 0 Å². The molecule has 1 aromatic heterocycles. The van der Waals surface area contributed by atoms with Crippen LogP contribution in [-0.4, -0.2) is 21.5 Å². The summed E-state index contributed by atoms with van der Waals surface area (Å²) in [4.78, 5) is 2.22. The molecule has 0 aliphatic rings. The summed E-state index contributed by atoms with van der Waals surface area (Å²) in [7, 11) is 0. The summed E-state index contributed by atoms with van der Waals surface area (Å²) in [5.41, 5.74) is 7.94. The van der Waals surface area contributed by atoms with Gasteiger partial charge in [0.1, 0.15) is 5.82 Å². The van der Waals surface area contributed by atoms with Crippen molar-refractivity contribution in [2.75, 3.05) is 17.2 Å². The van der Waals surface area contributed by atoms with Crippen LogP contribution in [0.15, 0.2) is 30.5 Å². The highest BCUT2D eigenvalue weighted by Crippen LogP contribution is 2.18. The fourth-order valence-corrected chi connectivity index (χ4v) is 1.96. The molecule has 96 valence electrons. The minimum atomic E-state index is 0.774. The SMILES string of the molecule is CCN(Cc1ccccc1N)c1cnnn1CC. The zero-order valence-electron chi connectivity index (χ0n) is 10.9. The normalized spacial score (nSPS) is 10.6. The van der Waals surface area contributed by atoms with E-state index in [1.807, 2.05) is 22.9 Å². The lowest BCUT2D eigenvalue weighted by molar-refractivity contribution is 0.611. The average molecular weight is 245 g/mol. The molecule has 0 saturated carbocycles. The molecule has 0 fully saturated rings. The molecule has 5 nitrogen and oxygen atoms in total. The van der Waals surface area contributed by atoms with Gasteiger partial charge in [0, 0.05) is 25.3 Å². The predicted octanol–water partition coefficient (Wildman–Crippen LogP) is 1.91. The third-order valence-corrected chi connectivity index (χ3v) is 3.02. The summed E-state index contributed by atoms with van der Waals surface area (Å²) in [5, 5.41) is 8.03. The monoisotopic (exact) mass is 245 g/mol. The third-order valence-electron chi connectivity index (χ3n) is 3.02. The maximum atomic E-state index is 5.98. The molecule has 0 aliphatic heterocycles. The molecule has 1 aromatic carbocycles. The first-order valence-corrected chi connectivity index (χ1v) is 6.23. The Labute approximate surface area is 107 Å². The van der Waals surface area contributed by atoms with Gasteiger partial charge in [-0.15, -0.1) is 5.10 Å². The number of rotatable bonds is 5. The van der Waals surface area contributed by atoms with Gasteiger partial charge in [-0.2, -0.15) is 0 Å². The first kappa shape index (κ1) is 12.4. The lowest BCUT2D eigenvalue weighted by atomic mass is 10.1. The molecule has 5 heteroatoms. The van der Waals surface area contributed by atoms with Crippen molar-refractivity contribution in [2.45, 2.75) is 26.9 Å². The van der Waals surface area contributed by atoms with Gasteiger partial charge < -0.3 is 10.6 Å². The summed E-state index contributed by atoms with van der Waals surface area (Å²) in [6.07, 6.45) is 1.80. The van der Waals surface area contributed by atoms with Crippen molar-refractivity contribution in [1.82, 2.24) is 15.0 Å². The van der Waals surface area contributed by atoms with Crippen molar-refractivity contribution in [3.8, 4) is 0 Å². The van der Waals surface area contributed by atoms with E-state index in [2.05, 4.69) is 35.1 Å². The quantitative estimate of drug-likeness (QED) is 0.817. The fourth-order valence-electron chi connectivity index (χ4n) is 1.96. The molecule has 0 radical (unpaired) electrons. The summed E-state index contributed by atoms with van der Waals surface area (Å²) in [5.74, 6) is 1.03. The Bertz CT molecular complexity index is 506. The first-order chi connectivity index (χ1) is 8.76. The van der Waals surface area contributed by atoms with Gasteiger partial charge in [0.15, 0.2) is 0 Å². The molecule has 0 amide bonds. The summed E-state index contributed by atoms with van der Waals surface area (Å²) in [6, 6.07) is 7.94. The van der Waals surface area contributed by atoms with Gasteiger partial charge in [-0.3, -0.25) is 0 Å². The second kappa shape index (κ2) is 5.53. The van der Waals surface area contributed by atoms with Gasteiger partial charge in [-0.05, 0) is 25.5 Å². The van der Waals surface area contributed by atoms with E-state index in [1.165, 1.54) is 0 Å². The fraction of sp³-hybridized carbons (Fsp3) is 0.385. The number of nitrogens with two attached hydrogens (primary N) is 1. The van der Waals surface area contributed by atoms with Gasteiger partial charge >= 0.3 is 0 Å². The molecule has 18 heavy (non-hydrogen) atoms. The lowest BCUT2D eigenvalue weighted by Gasteiger charge is -2.23. The maximum absolute atomic E-state index is 5.98. The molecule has 2 aromatic rings. The number of para-hydroxylation sites is 1. The van der Waals surface area contributed by atoms with Gasteiger partial charge in [-0.1, -0.05) is 23.4 Å². The van der Waals surface area contributed by atoms with E-state index in [9.17, 15) is 0 Å². The Kier molecular flexibility index (Phi) is 3.82. The highest BCUT2D eigenvalue weighted by molar-refractivity contribution is 5.49. The minimum absolute atomic E-state index is 0.774. The number of nitrogens with zero attached hydrogens (tertiary/aromatic N) is 4. The van der Waals surface area contributed by atoms with E-state index in [0.717, 1.165) is 36.7 Å². The molecule has 0 spiro atoms. The second-order valence-electron chi connectivity index (χ2n) is 4.12. The van der Waals surface area contributed by atoms with E-state index in [-0.39, 0.29) is 0 Å². The van der Waals surface area contributed by atoms with Gasteiger partial charge in [0.05, 0.1) is 6.20 Å². The number of anilines is 2. The van der Waals surface area contributed by atoms with Crippen molar-refractivity contribution in [1.29, 1.82) is 0 Å². The minimum Gasteiger partial charge on any atom is -0.398 e. The molecular formula is C13H19N5. The van der Waals surface area contributed by atoms with Crippen molar-refractivity contribution >= 4 is 11.5 Å². The molecule has 1 heterocycles. The summed E-state index contributed by atoms with van der Waals surface area (Å²) < 4.78 is 1.89. The highest BCUT2D eigenvalue weighted by Gasteiger charge is 2.12.